The summed E-state index contributed by atoms with van der Waals surface area (Å²) < 4.78 is 26.4. The van der Waals surface area contributed by atoms with Crippen LogP contribution in [0.5, 0.6) is 0 Å². The molecule has 7 heteroatoms. The molecular weight excluding hydrogens is 292 g/mol. The van der Waals surface area contributed by atoms with Crippen LogP contribution in [0.3, 0.4) is 0 Å². The fourth-order valence-corrected chi connectivity index (χ4v) is 3.32. The summed E-state index contributed by atoms with van der Waals surface area (Å²) in [4.78, 5) is 5.16. The van der Waals surface area contributed by atoms with Gasteiger partial charge in [0, 0.05) is 22.6 Å². The van der Waals surface area contributed by atoms with Gasteiger partial charge >= 0.3 is 0 Å². The van der Waals surface area contributed by atoms with Crippen molar-refractivity contribution in [2.24, 2.45) is 0 Å². The lowest BCUT2D eigenvalue weighted by Gasteiger charge is -2.06. The average molecular weight is 303 g/mol. The topological polar surface area (TPSA) is 59.1 Å². The SMILES string of the molecule is O=S(=O)(NCCc1cncs1)c1cccc(Cl)c1. The minimum Gasteiger partial charge on any atom is -0.253 e. The molecular formula is C11H11ClN2O2S2. The molecule has 0 unspecified atom stereocenters. The van der Waals surface area contributed by atoms with E-state index in [2.05, 4.69) is 9.71 Å². The van der Waals surface area contributed by atoms with Crippen LogP contribution in [0.25, 0.3) is 0 Å². The standard InChI is InChI=1S/C11H11ClN2O2S2/c12-9-2-1-3-11(6-9)18(15,16)14-5-4-10-7-13-8-17-10/h1-3,6-8,14H,4-5H2. The predicted octanol–water partition coefficient (Wildman–Crippen LogP) is 2.32. The molecule has 0 atom stereocenters. The molecule has 1 aromatic carbocycles. The van der Waals surface area contributed by atoms with Crippen molar-refractivity contribution < 1.29 is 8.42 Å². The first-order valence-corrected chi connectivity index (χ1v) is 7.94. The van der Waals surface area contributed by atoms with Crippen molar-refractivity contribution in [2.75, 3.05) is 6.54 Å². The number of nitrogens with one attached hydrogen (secondary N) is 1. The molecule has 0 bridgehead atoms. The van der Waals surface area contributed by atoms with E-state index in [1.165, 1.54) is 23.5 Å². The summed E-state index contributed by atoms with van der Waals surface area (Å²) in [5.74, 6) is 0. The van der Waals surface area contributed by atoms with Gasteiger partial charge in [-0.25, -0.2) is 13.1 Å². The van der Waals surface area contributed by atoms with E-state index >= 15 is 0 Å². The molecule has 0 fully saturated rings. The Bertz CT molecular complexity index is 612. The normalized spacial score (nSPS) is 11.6. The molecule has 0 aliphatic rings. The molecule has 0 amide bonds. The molecule has 0 saturated carbocycles. The molecule has 0 radical (unpaired) electrons. The number of hydrogen-bond donors (Lipinski definition) is 1. The lowest BCUT2D eigenvalue weighted by atomic mass is 10.4. The average Bonchev–Trinajstić information content (AvgIpc) is 2.82. The Labute approximate surface area is 115 Å². The van der Waals surface area contributed by atoms with Crippen LogP contribution < -0.4 is 4.72 Å². The van der Waals surface area contributed by atoms with Gasteiger partial charge in [-0.3, -0.25) is 4.98 Å². The molecule has 0 aliphatic carbocycles. The largest absolute Gasteiger partial charge is 0.253 e. The summed E-state index contributed by atoms with van der Waals surface area (Å²) in [6, 6.07) is 6.19. The van der Waals surface area contributed by atoms with E-state index in [0.717, 1.165) is 4.88 Å². The maximum atomic E-state index is 11.9. The van der Waals surface area contributed by atoms with E-state index in [9.17, 15) is 8.42 Å². The van der Waals surface area contributed by atoms with Crippen molar-refractivity contribution in [3.63, 3.8) is 0 Å². The summed E-state index contributed by atoms with van der Waals surface area (Å²) in [5.41, 5.74) is 1.72. The second-order valence-corrected chi connectivity index (χ2v) is 6.75. The zero-order valence-corrected chi connectivity index (χ0v) is 11.7. The molecule has 0 saturated heterocycles. The first kappa shape index (κ1) is 13.5. The fourth-order valence-electron chi connectivity index (χ4n) is 1.39. The lowest BCUT2D eigenvalue weighted by molar-refractivity contribution is 0.582. The minimum absolute atomic E-state index is 0.180. The lowest BCUT2D eigenvalue weighted by Crippen LogP contribution is -2.25. The third-order valence-corrected chi connectivity index (χ3v) is 4.79. The van der Waals surface area contributed by atoms with Gasteiger partial charge in [0.1, 0.15) is 0 Å². The van der Waals surface area contributed by atoms with E-state index in [0.29, 0.717) is 18.0 Å². The van der Waals surface area contributed by atoms with Crippen LogP contribution in [0.2, 0.25) is 5.02 Å². The second kappa shape index (κ2) is 5.79. The van der Waals surface area contributed by atoms with Crippen LogP contribution >= 0.6 is 22.9 Å². The Kier molecular flexibility index (Phi) is 4.34. The molecule has 1 N–H and O–H groups in total. The third-order valence-electron chi connectivity index (χ3n) is 2.25. The fraction of sp³-hybridized carbons (Fsp3) is 0.182. The summed E-state index contributed by atoms with van der Waals surface area (Å²) >= 11 is 7.27. The number of benzene rings is 1. The Balaban J connectivity index is 1.99. The van der Waals surface area contributed by atoms with Crippen molar-refractivity contribution in [1.82, 2.24) is 9.71 Å². The molecule has 0 aliphatic heterocycles. The maximum Gasteiger partial charge on any atom is 0.240 e. The Morgan fingerprint density at radius 3 is 2.89 bits per heavy atom. The summed E-state index contributed by atoms with van der Waals surface area (Å²) in [7, 11) is -3.49. The number of aromatic nitrogens is 1. The van der Waals surface area contributed by atoms with Crippen molar-refractivity contribution in [2.45, 2.75) is 11.3 Å². The van der Waals surface area contributed by atoms with Crippen molar-refractivity contribution >= 4 is 33.0 Å². The van der Waals surface area contributed by atoms with E-state index < -0.39 is 10.0 Å². The molecule has 0 spiro atoms. The Hall–Kier alpha value is -0.950. The van der Waals surface area contributed by atoms with Crippen LogP contribution in [0.1, 0.15) is 4.88 Å². The highest BCUT2D eigenvalue weighted by Crippen LogP contribution is 2.15. The molecule has 18 heavy (non-hydrogen) atoms. The van der Waals surface area contributed by atoms with Crippen LogP contribution in [-0.4, -0.2) is 19.9 Å². The van der Waals surface area contributed by atoms with E-state index in [1.807, 2.05) is 0 Å². The molecule has 1 heterocycles. The Morgan fingerprint density at radius 1 is 1.39 bits per heavy atom. The van der Waals surface area contributed by atoms with Crippen LogP contribution in [0, 0.1) is 0 Å². The zero-order chi connectivity index (χ0) is 13.0. The van der Waals surface area contributed by atoms with Gasteiger partial charge in [0.05, 0.1) is 10.4 Å². The number of nitrogens with zero attached hydrogens (tertiary/aromatic N) is 1. The minimum atomic E-state index is -3.49. The van der Waals surface area contributed by atoms with E-state index in [1.54, 1.807) is 23.8 Å². The quantitative estimate of drug-likeness (QED) is 0.922. The summed E-state index contributed by atoms with van der Waals surface area (Å²) in [5, 5.41) is 0.403. The van der Waals surface area contributed by atoms with Crippen molar-refractivity contribution in [3.8, 4) is 0 Å². The van der Waals surface area contributed by atoms with Gasteiger partial charge in [0.15, 0.2) is 0 Å². The molecule has 1 aromatic heterocycles. The van der Waals surface area contributed by atoms with Gasteiger partial charge < -0.3 is 0 Å². The number of hydrogen-bond acceptors (Lipinski definition) is 4. The van der Waals surface area contributed by atoms with Crippen LogP contribution in [0.15, 0.2) is 40.9 Å². The van der Waals surface area contributed by atoms with Crippen molar-refractivity contribution in [3.05, 3.63) is 45.9 Å². The second-order valence-electron chi connectivity index (χ2n) is 3.57. The van der Waals surface area contributed by atoms with Crippen molar-refractivity contribution in [1.29, 1.82) is 0 Å². The monoisotopic (exact) mass is 302 g/mol. The molecule has 4 nitrogen and oxygen atoms in total. The number of rotatable bonds is 5. The summed E-state index contributed by atoms with van der Waals surface area (Å²) in [6.07, 6.45) is 2.36. The Morgan fingerprint density at radius 2 is 2.22 bits per heavy atom. The van der Waals surface area contributed by atoms with Crippen LogP contribution in [0.4, 0.5) is 0 Å². The third kappa shape index (κ3) is 3.52. The highest BCUT2D eigenvalue weighted by atomic mass is 35.5. The van der Waals surface area contributed by atoms with Gasteiger partial charge in [0.2, 0.25) is 10.0 Å². The van der Waals surface area contributed by atoms with Gasteiger partial charge in [-0.05, 0) is 24.6 Å². The van der Waals surface area contributed by atoms with Gasteiger partial charge in [-0.2, -0.15) is 0 Å². The zero-order valence-electron chi connectivity index (χ0n) is 9.34. The predicted molar refractivity (Wildman–Crippen MR) is 72.5 cm³/mol. The van der Waals surface area contributed by atoms with E-state index in [-0.39, 0.29) is 4.90 Å². The first-order valence-electron chi connectivity index (χ1n) is 5.20. The van der Waals surface area contributed by atoms with E-state index in [4.69, 9.17) is 11.6 Å². The number of sulfonamides is 1. The molecule has 96 valence electrons. The molecule has 2 aromatic rings. The first-order chi connectivity index (χ1) is 8.58. The number of halogens is 1. The smallest absolute Gasteiger partial charge is 0.240 e. The summed E-state index contributed by atoms with van der Waals surface area (Å²) in [6.45, 7) is 0.344. The number of thiazole rings is 1. The van der Waals surface area contributed by atoms with Crippen LogP contribution in [-0.2, 0) is 16.4 Å². The molecule has 2 rings (SSSR count). The van der Waals surface area contributed by atoms with Gasteiger partial charge in [0.25, 0.3) is 0 Å². The highest BCUT2D eigenvalue weighted by molar-refractivity contribution is 7.89. The van der Waals surface area contributed by atoms with Gasteiger partial charge in [-0.1, -0.05) is 17.7 Å². The highest BCUT2D eigenvalue weighted by Gasteiger charge is 2.13. The van der Waals surface area contributed by atoms with Gasteiger partial charge in [-0.15, -0.1) is 11.3 Å². The maximum absolute atomic E-state index is 11.9.